The van der Waals surface area contributed by atoms with Crippen molar-refractivity contribution in [2.45, 2.75) is 235 Å². The maximum absolute atomic E-state index is 2.38. The molecule has 0 aromatic rings. The Morgan fingerprint density at radius 3 is 0.510 bits per heavy atom. The van der Waals surface area contributed by atoms with Crippen LogP contribution in [0.1, 0.15) is 235 Å². The molecule has 0 bridgehead atoms. The van der Waals surface area contributed by atoms with Crippen LogP contribution in [-0.2, 0) is 0 Å². The summed E-state index contributed by atoms with van der Waals surface area (Å²) >= 11 is 0. The molecule has 0 spiro atoms. The zero-order valence-electron chi connectivity index (χ0n) is 35.6. The highest BCUT2D eigenvalue weighted by atomic mass is 35.5. The van der Waals surface area contributed by atoms with Crippen molar-refractivity contribution in [1.82, 2.24) is 0 Å². The van der Waals surface area contributed by atoms with Gasteiger partial charge in [0.05, 0.1) is 49.3 Å². The van der Waals surface area contributed by atoms with Gasteiger partial charge < -0.3 is 0 Å². The molecule has 0 aliphatic heterocycles. The van der Waals surface area contributed by atoms with Crippen LogP contribution in [0.2, 0.25) is 0 Å². The maximum atomic E-state index is 2.38. The van der Waals surface area contributed by atoms with Gasteiger partial charge in [-0.25, -0.2) is 0 Å². The van der Waals surface area contributed by atoms with Gasteiger partial charge in [0, 0.05) is 14.5 Å². The van der Waals surface area contributed by atoms with E-state index in [-0.39, 0.29) is 37.2 Å². The first-order valence-electron chi connectivity index (χ1n) is 22.2. The molecule has 0 heterocycles. The van der Waals surface area contributed by atoms with Crippen molar-refractivity contribution in [3.8, 4) is 0 Å². The van der Waals surface area contributed by atoms with Crippen molar-refractivity contribution < 1.29 is 0 Å². The Morgan fingerprint density at radius 1 is 0.184 bits per heavy atom. The maximum Gasteiger partial charge on any atom is 0.0594 e. The van der Waals surface area contributed by atoms with E-state index >= 15 is 0 Å². The minimum absolute atomic E-state index is 0. The fourth-order valence-corrected chi connectivity index (χ4v) is 17.9. The molecule has 0 atom stereocenters. The van der Waals surface area contributed by atoms with Crippen LogP contribution in [0.15, 0.2) is 0 Å². The Bertz CT molecular complexity index is 469. The standard InChI is InChI=1S/2C22H48P.3ClH/c2*1-5-9-13-14-15-16-17-18-22-23(19-10-6-2,20-11-7-3)21-12-8-4;;;/h2*5-22H2,1-4H3;3*1H/q2*+1;;;. The zero-order chi connectivity index (χ0) is 34.5. The van der Waals surface area contributed by atoms with Crippen molar-refractivity contribution in [3.63, 3.8) is 0 Å². The van der Waals surface area contributed by atoms with Crippen LogP contribution in [0.4, 0.5) is 0 Å². The van der Waals surface area contributed by atoms with Crippen molar-refractivity contribution >= 4 is 51.7 Å². The van der Waals surface area contributed by atoms with E-state index < -0.39 is 14.5 Å². The third-order valence-electron chi connectivity index (χ3n) is 10.9. The van der Waals surface area contributed by atoms with E-state index in [0.717, 1.165) is 0 Å². The molecule has 304 valence electrons. The summed E-state index contributed by atoms with van der Waals surface area (Å²) in [6.45, 7) is 18.9. The number of rotatable bonds is 36. The lowest BCUT2D eigenvalue weighted by molar-refractivity contribution is 0.585. The third-order valence-corrected chi connectivity index (χ3v) is 21.0. The van der Waals surface area contributed by atoms with Crippen molar-refractivity contribution in [1.29, 1.82) is 0 Å². The third kappa shape index (κ3) is 39.2. The predicted octanol–water partition coefficient (Wildman–Crippen LogP) is 18.4. The van der Waals surface area contributed by atoms with Crippen LogP contribution in [0.5, 0.6) is 0 Å². The molecule has 0 N–H and O–H groups in total. The lowest BCUT2D eigenvalue weighted by Crippen LogP contribution is -2.13. The molecule has 5 heteroatoms. The molecule has 0 aliphatic rings. The Labute approximate surface area is 334 Å². The summed E-state index contributed by atoms with van der Waals surface area (Å²) in [5, 5.41) is 0. The monoisotopic (exact) mass is 795 g/mol. The van der Waals surface area contributed by atoms with Gasteiger partial charge in [-0.1, -0.05) is 171 Å². The first kappa shape index (κ1) is 60.0. The van der Waals surface area contributed by atoms with Crippen LogP contribution < -0.4 is 0 Å². The molecule has 0 saturated carbocycles. The quantitative estimate of drug-likeness (QED) is 0.0438. The Morgan fingerprint density at radius 2 is 0.327 bits per heavy atom. The van der Waals surface area contributed by atoms with Gasteiger partial charge in [0.1, 0.15) is 0 Å². The number of hydrogen-bond donors (Lipinski definition) is 0. The second-order valence-corrected chi connectivity index (χ2v) is 24.5. The predicted molar refractivity (Wildman–Crippen MR) is 249 cm³/mol. The minimum atomic E-state index is -0.612. The average molecular weight is 797 g/mol. The Kier molecular flexibility index (Phi) is 58.5. The normalized spacial score (nSPS) is 11.3. The summed E-state index contributed by atoms with van der Waals surface area (Å²) in [5.41, 5.74) is 0. The Balaban J connectivity index is -0.000000248. The first-order valence-corrected chi connectivity index (χ1v) is 27.2. The van der Waals surface area contributed by atoms with Crippen molar-refractivity contribution in [3.05, 3.63) is 0 Å². The van der Waals surface area contributed by atoms with Gasteiger partial charge in [-0.15, -0.1) is 37.2 Å². The van der Waals surface area contributed by atoms with E-state index in [4.69, 9.17) is 0 Å². The molecule has 49 heavy (non-hydrogen) atoms. The molecule has 0 unspecified atom stereocenters. The molecule has 0 fully saturated rings. The fraction of sp³-hybridized carbons (Fsp3) is 1.00. The molecule has 0 saturated heterocycles. The first-order chi connectivity index (χ1) is 22.5. The highest BCUT2D eigenvalue weighted by molar-refractivity contribution is 7.76. The summed E-state index contributed by atoms with van der Waals surface area (Å²) in [5.74, 6) is 0. The highest BCUT2D eigenvalue weighted by Crippen LogP contribution is 2.62. The van der Waals surface area contributed by atoms with Crippen LogP contribution in [0, 0.1) is 0 Å². The average Bonchev–Trinajstić information content (AvgIpc) is 3.08. The lowest BCUT2D eigenvalue weighted by Gasteiger charge is -2.28. The van der Waals surface area contributed by atoms with E-state index in [0.29, 0.717) is 0 Å². The van der Waals surface area contributed by atoms with Crippen molar-refractivity contribution in [2.24, 2.45) is 0 Å². The molecule has 0 amide bonds. The van der Waals surface area contributed by atoms with Gasteiger partial charge in [0.25, 0.3) is 0 Å². The molecule has 0 nitrogen and oxygen atoms in total. The summed E-state index contributed by atoms with van der Waals surface area (Å²) in [6, 6.07) is 0. The van der Waals surface area contributed by atoms with Gasteiger partial charge >= 0.3 is 0 Å². The number of unbranched alkanes of at least 4 members (excludes halogenated alkanes) is 20. The van der Waals surface area contributed by atoms with Crippen LogP contribution in [0.25, 0.3) is 0 Å². The van der Waals surface area contributed by atoms with E-state index in [1.54, 1.807) is 62.1 Å². The SMILES string of the molecule is CCCCCCCCCC[P+](CCCC)(CCCC)CCCC.CCCCCCCCCC[P+](CCCC)(CCCC)CCCC.Cl.Cl.Cl. The van der Waals surface area contributed by atoms with Gasteiger partial charge in [0.2, 0.25) is 0 Å². The summed E-state index contributed by atoms with van der Waals surface area (Å²) in [6.07, 6.45) is 53.9. The second-order valence-electron chi connectivity index (χ2n) is 15.5. The van der Waals surface area contributed by atoms with Gasteiger partial charge in [-0.05, 0) is 64.2 Å². The van der Waals surface area contributed by atoms with E-state index in [1.165, 1.54) is 167 Å². The highest BCUT2D eigenvalue weighted by Gasteiger charge is 2.35. The molecular weight excluding hydrogens is 697 g/mol. The second kappa shape index (κ2) is 47.8. The van der Waals surface area contributed by atoms with Gasteiger partial charge in [-0.2, -0.15) is 0 Å². The molecule has 0 radical (unpaired) electrons. The van der Waals surface area contributed by atoms with E-state index in [2.05, 4.69) is 55.4 Å². The van der Waals surface area contributed by atoms with Crippen molar-refractivity contribution in [2.75, 3.05) is 49.3 Å². The van der Waals surface area contributed by atoms with Crippen LogP contribution in [0.3, 0.4) is 0 Å². The largest absolute Gasteiger partial charge is 0.147 e. The molecule has 0 rings (SSSR count). The summed E-state index contributed by atoms with van der Waals surface area (Å²) < 4.78 is 0. The topological polar surface area (TPSA) is 0 Å². The fourth-order valence-electron chi connectivity index (χ4n) is 7.46. The molecule has 0 aliphatic carbocycles. The smallest absolute Gasteiger partial charge is 0.0594 e. The number of halogens is 3. The van der Waals surface area contributed by atoms with E-state index in [1.807, 2.05) is 0 Å². The zero-order valence-corrected chi connectivity index (χ0v) is 39.8. The Hall–Kier alpha value is 1.73. The minimum Gasteiger partial charge on any atom is -0.147 e. The van der Waals surface area contributed by atoms with Gasteiger partial charge in [0.15, 0.2) is 0 Å². The molecule has 0 aromatic carbocycles. The molecule has 0 aromatic heterocycles. The lowest BCUT2D eigenvalue weighted by atomic mass is 10.1. The molecular formula is C44H99Cl3P2+2. The van der Waals surface area contributed by atoms with E-state index in [9.17, 15) is 0 Å². The van der Waals surface area contributed by atoms with Gasteiger partial charge in [-0.3, -0.25) is 0 Å². The van der Waals surface area contributed by atoms with Crippen LogP contribution in [-0.4, -0.2) is 49.3 Å². The summed E-state index contributed by atoms with van der Waals surface area (Å²) in [7, 11) is -1.22. The number of hydrogen-bond acceptors (Lipinski definition) is 0. The van der Waals surface area contributed by atoms with Crippen LogP contribution >= 0.6 is 51.7 Å². The summed E-state index contributed by atoms with van der Waals surface area (Å²) in [4.78, 5) is 0.